The molecule has 3 nitrogen and oxygen atoms in total. The molecule has 0 atom stereocenters. The Morgan fingerprint density at radius 2 is 1.94 bits per heavy atom. The third-order valence-electron chi connectivity index (χ3n) is 2.10. The number of nitrogens with one attached hydrogen (secondary N) is 1. The van der Waals surface area contributed by atoms with Crippen molar-refractivity contribution in [2.45, 2.75) is 19.9 Å². The van der Waals surface area contributed by atoms with Crippen LogP contribution in [0.5, 0.6) is 0 Å². The van der Waals surface area contributed by atoms with Gasteiger partial charge in [0.1, 0.15) is 0 Å². The molecule has 0 amide bonds. The number of nitrogens with zero attached hydrogens (tertiary/aromatic N) is 2. The predicted octanol–water partition coefficient (Wildman–Crippen LogP) is 2.28. The highest BCUT2D eigenvalue weighted by Gasteiger charge is 2.07. The molecule has 4 heteroatoms. The largest absolute Gasteiger partial charge is 0.360 e. The van der Waals surface area contributed by atoms with Gasteiger partial charge < -0.3 is 10.2 Å². The molecule has 0 aliphatic heterocycles. The lowest BCUT2D eigenvalue weighted by Gasteiger charge is -2.22. The highest BCUT2D eigenvalue weighted by atomic mass is 32.1. The zero-order valence-corrected chi connectivity index (χ0v) is 10.5. The summed E-state index contributed by atoms with van der Waals surface area (Å²) in [6.07, 6.45) is 0. The molecular weight excluding hydrogens is 218 g/mol. The van der Waals surface area contributed by atoms with Crippen molar-refractivity contribution in [1.82, 2.24) is 5.32 Å². The molecule has 0 bridgehead atoms. The Kier molecular flexibility index (Phi) is 4.27. The average Bonchev–Trinajstić information content (AvgIpc) is 2.27. The first-order valence-corrected chi connectivity index (χ1v) is 5.50. The fourth-order valence-corrected chi connectivity index (χ4v) is 1.56. The number of rotatable bonds is 2. The Hall–Kier alpha value is -1.60. The van der Waals surface area contributed by atoms with Crippen molar-refractivity contribution in [3.8, 4) is 6.07 Å². The Morgan fingerprint density at radius 1 is 1.38 bits per heavy atom. The SMILES string of the molecule is CC(C)NC(=S)N(C)c1ccc(C#N)cc1. The molecular formula is C12H15N3S. The highest BCUT2D eigenvalue weighted by molar-refractivity contribution is 7.80. The molecule has 84 valence electrons. The van der Waals surface area contributed by atoms with Gasteiger partial charge in [0.2, 0.25) is 0 Å². The number of thiocarbonyl (C=S) groups is 1. The zero-order chi connectivity index (χ0) is 12.1. The molecule has 0 spiro atoms. The second-order valence-electron chi connectivity index (χ2n) is 3.82. The third kappa shape index (κ3) is 3.21. The van der Waals surface area contributed by atoms with Gasteiger partial charge in [-0.3, -0.25) is 0 Å². The Labute approximate surface area is 102 Å². The number of benzene rings is 1. The van der Waals surface area contributed by atoms with E-state index in [2.05, 4.69) is 11.4 Å². The molecule has 1 N–H and O–H groups in total. The van der Waals surface area contributed by atoms with Crippen LogP contribution in [-0.4, -0.2) is 18.2 Å². The van der Waals surface area contributed by atoms with E-state index in [1.165, 1.54) is 0 Å². The van der Waals surface area contributed by atoms with Gasteiger partial charge in [-0.15, -0.1) is 0 Å². The second-order valence-corrected chi connectivity index (χ2v) is 4.21. The van der Waals surface area contributed by atoms with Crippen LogP contribution in [0, 0.1) is 11.3 Å². The fourth-order valence-electron chi connectivity index (χ4n) is 1.22. The predicted molar refractivity (Wildman–Crippen MR) is 70.4 cm³/mol. The number of hydrogen-bond donors (Lipinski definition) is 1. The summed E-state index contributed by atoms with van der Waals surface area (Å²) in [7, 11) is 1.90. The molecule has 0 unspecified atom stereocenters. The van der Waals surface area contributed by atoms with E-state index in [1.54, 1.807) is 12.1 Å². The van der Waals surface area contributed by atoms with Gasteiger partial charge in [-0.2, -0.15) is 5.26 Å². The van der Waals surface area contributed by atoms with Crippen molar-refractivity contribution in [3.05, 3.63) is 29.8 Å². The van der Waals surface area contributed by atoms with Gasteiger partial charge in [0.05, 0.1) is 11.6 Å². The smallest absolute Gasteiger partial charge is 0.173 e. The first-order chi connectivity index (χ1) is 7.54. The molecule has 16 heavy (non-hydrogen) atoms. The van der Waals surface area contributed by atoms with Crippen molar-refractivity contribution in [1.29, 1.82) is 5.26 Å². The lowest BCUT2D eigenvalue weighted by atomic mass is 10.2. The summed E-state index contributed by atoms with van der Waals surface area (Å²) < 4.78 is 0. The zero-order valence-electron chi connectivity index (χ0n) is 9.69. The molecule has 0 fully saturated rings. The summed E-state index contributed by atoms with van der Waals surface area (Å²) in [6, 6.07) is 9.73. The van der Waals surface area contributed by atoms with Crippen LogP contribution in [-0.2, 0) is 0 Å². The molecule has 0 saturated heterocycles. The Balaban J connectivity index is 2.76. The standard InChI is InChI=1S/C12H15N3S/c1-9(2)14-12(16)15(3)11-6-4-10(8-13)5-7-11/h4-7,9H,1-3H3,(H,14,16). The maximum absolute atomic E-state index is 8.69. The van der Waals surface area contributed by atoms with Crippen LogP contribution >= 0.6 is 12.2 Å². The highest BCUT2D eigenvalue weighted by Crippen LogP contribution is 2.13. The van der Waals surface area contributed by atoms with E-state index < -0.39 is 0 Å². The topological polar surface area (TPSA) is 39.1 Å². The minimum absolute atomic E-state index is 0.313. The van der Waals surface area contributed by atoms with Crippen molar-refractivity contribution in [2.24, 2.45) is 0 Å². The lowest BCUT2D eigenvalue weighted by Crippen LogP contribution is -2.40. The molecule has 0 aliphatic carbocycles. The van der Waals surface area contributed by atoms with Crippen LogP contribution in [0.25, 0.3) is 0 Å². The monoisotopic (exact) mass is 233 g/mol. The van der Waals surface area contributed by atoms with Crippen molar-refractivity contribution < 1.29 is 0 Å². The van der Waals surface area contributed by atoms with Gasteiger partial charge >= 0.3 is 0 Å². The number of anilines is 1. The van der Waals surface area contributed by atoms with Crippen molar-refractivity contribution in [3.63, 3.8) is 0 Å². The lowest BCUT2D eigenvalue weighted by molar-refractivity contribution is 0.732. The first-order valence-electron chi connectivity index (χ1n) is 5.09. The van der Waals surface area contributed by atoms with Gasteiger partial charge in [0.25, 0.3) is 0 Å². The van der Waals surface area contributed by atoms with Gasteiger partial charge in [0, 0.05) is 18.8 Å². The number of nitriles is 1. The van der Waals surface area contributed by atoms with Crippen LogP contribution < -0.4 is 10.2 Å². The van der Waals surface area contributed by atoms with E-state index in [9.17, 15) is 0 Å². The van der Waals surface area contributed by atoms with E-state index in [0.29, 0.717) is 16.7 Å². The summed E-state index contributed by atoms with van der Waals surface area (Å²) in [5.74, 6) is 0. The second kappa shape index (κ2) is 5.47. The van der Waals surface area contributed by atoms with E-state index in [0.717, 1.165) is 5.69 Å². The van der Waals surface area contributed by atoms with E-state index in [-0.39, 0.29) is 0 Å². The fraction of sp³-hybridized carbons (Fsp3) is 0.333. The molecule has 1 aromatic rings. The molecule has 0 saturated carbocycles. The molecule has 0 aromatic heterocycles. The maximum Gasteiger partial charge on any atom is 0.173 e. The van der Waals surface area contributed by atoms with E-state index in [4.69, 9.17) is 17.5 Å². The summed E-state index contributed by atoms with van der Waals surface area (Å²) in [5.41, 5.74) is 1.62. The van der Waals surface area contributed by atoms with Crippen molar-refractivity contribution in [2.75, 3.05) is 11.9 Å². The third-order valence-corrected chi connectivity index (χ3v) is 2.49. The molecule has 1 aromatic carbocycles. The quantitative estimate of drug-likeness (QED) is 0.795. The summed E-state index contributed by atoms with van der Waals surface area (Å²) in [4.78, 5) is 1.89. The van der Waals surface area contributed by atoms with E-state index >= 15 is 0 Å². The van der Waals surface area contributed by atoms with Gasteiger partial charge in [-0.25, -0.2) is 0 Å². The van der Waals surface area contributed by atoms with Gasteiger partial charge in [0.15, 0.2) is 5.11 Å². The average molecular weight is 233 g/mol. The van der Waals surface area contributed by atoms with Gasteiger partial charge in [-0.05, 0) is 50.3 Å². The minimum atomic E-state index is 0.313. The minimum Gasteiger partial charge on any atom is -0.360 e. The Morgan fingerprint density at radius 3 is 2.38 bits per heavy atom. The summed E-state index contributed by atoms with van der Waals surface area (Å²) in [5, 5.41) is 12.5. The van der Waals surface area contributed by atoms with Crippen LogP contribution in [0.15, 0.2) is 24.3 Å². The molecule has 0 heterocycles. The normalized spacial score (nSPS) is 9.69. The van der Waals surface area contributed by atoms with Gasteiger partial charge in [-0.1, -0.05) is 0 Å². The molecule has 1 rings (SSSR count). The molecule has 0 aliphatic rings. The van der Waals surface area contributed by atoms with Crippen LogP contribution in [0.1, 0.15) is 19.4 Å². The van der Waals surface area contributed by atoms with Crippen LogP contribution in [0.4, 0.5) is 5.69 Å². The maximum atomic E-state index is 8.69. The van der Waals surface area contributed by atoms with Crippen molar-refractivity contribution >= 4 is 23.0 Å². The van der Waals surface area contributed by atoms with Crippen LogP contribution in [0.2, 0.25) is 0 Å². The summed E-state index contributed by atoms with van der Waals surface area (Å²) in [6.45, 7) is 4.08. The Bertz CT molecular complexity index is 403. The number of hydrogen-bond acceptors (Lipinski definition) is 2. The van der Waals surface area contributed by atoms with E-state index in [1.807, 2.05) is 37.9 Å². The van der Waals surface area contributed by atoms with Crippen LogP contribution in [0.3, 0.4) is 0 Å². The summed E-state index contributed by atoms with van der Waals surface area (Å²) >= 11 is 5.25. The molecule has 0 radical (unpaired) electrons. The first kappa shape index (κ1) is 12.5.